The molecule has 0 saturated heterocycles. The van der Waals surface area contributed by atoms with E-state index in [1.54, 1.807) is 6.33 Å². The number of aryl methyl sites for hydroxylation is 1. The highest BCUT2D eigenvalue weighted by Gasteiger charge is 2.30. The Balaban J connectivity index is 2.79. The lowest BCUT2D eigenvalue weighted by molar-refractivity contribution is -0.0386. The van der Waals surface area contributed by atoms with Crippen LogP contribution in [-0.4, -0.2) is 39.6 Å². The molecule has 1 rings (SSSR count). The third-order valence-electron chi connectivity index (χ3n) is 3.38. The third-order valence-corrected chi connectivity index (χ3v) is 3.38. The Kier molecular flexibility index (Phi) is 6.45. The van der Waals surface area contributed by atoms with Crippen molar-refractivity contribution >= 4 is 0 Å². The van der Waals surface area contributed by atoms with Crippen LogP contribution in [0.25, 0.3) is 0 Å². The van der Waals surface area contributed by atoms with Gasteiger partial charge in [0.2, 0.25) is 0 Å². The summed E-state index contributed by atoms with van der Waals surface area (Å²) in [6.45, 7) is 13.1. The Morgan fingerprint density at radius 2 is 2.11 bits per heavy atom. The minimum atomic E-state index is -0.214. The van der Waals surface area contributed by atoms with Crippen molar-refractivity contribution in [3.63, 3.8) is 0 Å². The molecule has 0 aromatic carbocycles. The van der Waals surface area contributed by atoms with Crippen LogP contribution in [0.5, 0.6) is 0 Å². The predicted molar refractivity (Wildman–Crippen MR) is 77.2 cm³/mol. The number of nitrogens with zero attached hydrogens (tertiary/aromatic N) is 3. The van der Waals surface area contributed by atoms with E-state index in [-0.39, 0.29) is 11.6 Å². The Hall–Kier alpha value is -0.940. The number of rotatable bonds is 9. The quantitative estimate of drug-likeness (QED) is 0.744. The molecule has 0 radical (unpaired) electrons. The second-order valence-electron chi connectivity index (χ2n) is 5.24. The first-order chi connectivity index (χ1) is 9.05. The highest BCUT2D eigenvalue weighted by atomic mass is 16.5. The van der Waals surface area contributed by atoms with Gasteiger partial charge in [-0.05, 0) is 40.7 Å². The van der Waals surface area contributed by atoms with Crippen molar-refractivity contribution in [2.24, 2.45) is 0 Å². The van der Waals surface area contributed by atoms with Gasteiger partial charge in [0.25, 0.3) is 0 Å². The highest BCUT2D eigenvalue weighted by molar-refractivity contribution is 4.96. The first kappa shape index (κ1) is 16.1. The summed E-state index contributed by atoms with van der Waals surface area (Å²) >= 11 is 0. The maximum Gasteiger partial charge on any atom is 0.138 e. The summed E-state index contributed by atoms with van der Waals surface area (Å²) in [5.41, 5.74) is -0.214. The Morgan fingerprint density at radius 1 is 1.37 bits per heavy atom. The lowest BCUT2D eigenvalue weighted by Gasteiger charge is -2.34. The van der Waals surface area contributed by atoms with Gasteiger partial charge in [-0.25, -0.2) is 4.98 Å². The fourth-order valence-electron chi connectivity index (χ4n) is 2.25. The molecule has 1 aromatic rings. The summed E-state index contributed by atoms with van der Waals surface area (Å²) in [6.07, 6.45) is 3.57. The number of hydrogen-bond donors (Lipinski definition) is 1. The molecule has 0 fully saturated rings. The van der Waals surface area contributed by atoms with Crippen molar-refractivity contribution in [3.05, 3.63) is 12.2 Å². The van der Waals surface area contributed by atoms with Gasteiger partial charge in [0.1, 0.15) is 12.2 Å². The maximum absolute atomic E-state index is 5.89. The lowest BCUT2D eigenvalue weighted by atomic mass is 9.95. The largest absolute Gasteiger partial charge is 0.374 e. The number of ether oxygens (including phenoxy) is 1. The molecule has 0 bridgehead atoms. The van der Waals surface area contributed by atoms with Gasteiger partial charge in [-0.1, -0.05) is 6.92 Å². The van der Waals surface area contributed by atoms with E-state index in [9.17, 15) is 0 Å². The molecule has 1 atom stereocenters. The number of aromatic nitrogens is 3. The van der Waals surface area contributed by atoms with Crippen LogP contribution in [0.2, 0.25) is 0 Å². The standard InChI is InChI=1S/C14H28N4O/c1-6-9-15-12(14(4,5)19-8-3)10-13-16-11-17-18(13)7-2/h11-12,15H,6-10H2,1-5H3. The third kappa shape index (κ3) is 4.58. The molecule has 1 heterocycles. The molecule has 1 N–H and O–H groups in total. The van der Waals surface area contributed by atoms with Crippen LogP contribution in [-0.2, 0) is 17.7 Å². The fraction of sp³-hybridized carbons (Fsp3) is 0.857. The van der Waals surface area contributed by atoms with Gasteiger partial charge in [-0.2, -0.15) is 5.10 Å². The fourth-order valence-corrected chi connectivity index (χ4v) is 2.25. The zero-order valence-corrected chi connectivity index (χ0v) is 12.9. The van der Waals surface area contributed by atoms with Crippen LogP contribution < -0.4 is 5.32 Å². The van der Waals surface area contributed by atoms with Crippen molar-refractivity contribution in [1.29, 1.82) is 0 Å². The van der Waals surface area contributed by atoms with Gasteiger partial charge in [0.05, 0.1) is 5.60 Å². The zero-order chi connectivity index (χ0) is 14.3. The zero-order valence-electron chi connectivity index (χ0n) is 12.9. The van der Waals surface area contributed by atoms with Gasteiger partial charge in [-0.3, -0.25) is 4.68 Å². The lowest BCUT2D eigenvalue weighted by Crippen LogP contribution is -2.50. The van der Waals surface area contributed by atoms with E-state index in [1.165, 1.54) is 0 Å². The van der Waals surface area contributed by atoms with E-state index < -0.39 is 0 Å². The molecule has 5 heteroatoms. The molecule has 0 aliphatic rings. The van der Waals surface area contributed by atoms with Crippen LogP contribution in [0.3, 0.4) is 0 Å². The normalized spacial score (nSPS) is 13.7. The summed E-state index contributed by atoms with van der Waals surface area (Å²) in [6, 6.07) is 0.238. The molecule has 110 valence electrons. The van der Waals surface area contributed by atoms with Crippen molar-refractivity contribution in [3.8, 4) is 0 Å². The summed E-state index contributed by atoms with van der Waals surface area (Å²) < 4.78 is 7.84. The molecule has 0 aliphatic heterocycles. The minimum Gasteiger partial charge on any atom is -0.374 e. The van der Waals surface area contributed by atoms with E-state index in [4.69, 9.17) is 4.74 Å². The minimum absolute atomic E-state index is 0.214. The molecular weight excluding hydrogens is 240 g/mol. The van der Waals surface area contributed by atoms with E-state index >= 15 is 0 Å². The molecule has 0 spiro atoms. The molecule has 0 amide bonds. The highest BCUT2D eigenvalue weighted by Crippen LogP contribution is 2.18. The smallest absolute Gasteiger partial charge is 0.138 e. The Morgan fingerprint density at radius 3 is 2.68 bits per heavy atom. The second-order valence-corrected chi connectivity index (χ2v) is 5.24. The molecule has 0 aliphatic carbocycles. The van der Waals surface area contributed by atoms with E-state index in [1.807, 2.05) is 11.6 Å². The van der Waals surface area contributed by atoms with Crippen molar-refractivity contribution in [2.75, 3.05) is 13.2 Å². The SMILES string of the molecule is CCCNC(Cc1ncnn1CC)C(C)(C)OCC. The van der Waals surface area contributed by atoms with E-state index in [0.29, 0.717) is 0 Å². The topological polar surface area (TPSA) is 52.0 Å². The van der Waals surface area contributed by atoms with Crippen molar-refractivity contribution in [1.82, 2.24) is 20.1 Å². The van der Waals surface area contributed by atoms with Crippen molar-refractivity contribution < 1.29 is 4.74 Å². The van der Waals surface area contributed by atoms with Crippen LogP contribution in [0, 0.1) is 0 Å². The first-order valence-corrected chi connectivity index (χ1v) is 7.29. The average molecular weight is 268 g/mol. The van der Waals surface area contributed by atoms with E-state index in [2.05, 4.69) is 43.1 Å². The summed E-state index contributed by atoms with van der Waals surface area (Å²) in [5, 5.41) is 7.81. The van der Waals surface area contributed by atoms with Gasteiger partial charge in [-0.15, -0.1) is 0 Å². The predicted octanol–water partition coefficient (Wildman–Crippen LogP) is 2.02. The first-order valence-electron chi connectivity index (χ1n) is 7.29. The van der Waals surface area contributed by atoms with E-state index in [0.717, 1.165) is 38.4 Å². The summed E-state index contributed by atoms with van der Waals surface area (Å²) in [7, 11) is 0. The van der Waals surface area contributed by atoms with Gasteiger partial charge < -0.3 is 10.1 Å². The second kappa shape index (κ2) is 7.60. The van der Waals surface area contributed by atoms with Gasteiger partial charge in [0.15, 0.2) is 0 Å². The molecule has 5 nitrogen and oxygen atoms in total. The summed E-state index contributed by atoms with van der Waals surface area (Å²) in [4.78, 5) is 4.36. The average Bonchev–Trinajstić information content (AvgIpc) is 2.81. The number of hydrogen-bond acceptors (Lipinski definition) is 4. The van der Waals surface area contributed by atoms with Crippen molar-refractivity contribution in [2.45, 2.75) is 65.6 Å². The maximum atomic E-state index is 5.89. The molecule has 19 heavy (non-hydrogen) atoms. The summed E-state index contributed by atoms with van der Waals surface area (Å²) in [5.74, 6) is 1.02. The van der Waals surface area contributed by atoms with Crippen LogP contribution in [0.4, 0.5) is 0 Å². The van der Waals surface area contributed by atoms with Crippen LogP contribution in [0.1, 0.15) is 46.9 Å². The van der Waals surface area contributed by atoms with Crippen LogP contribution in [0.15, 0.2) is 6.33 Å². The molecular formula is C14H28N4O. The monoisotopic (exact) mass is 268 g/mol. The van der Waals surface area contributed by atoms with Gasteiger partial charge >= 0.3 is 0 Å². The molecule has 0 saturated carbocycles. The number of nitrogens with one attached hydrogen (secondary N) is 1. The Labute approximate surface area is 116 Å². The Bertz CT molecular complexity index is 362. The molecule has 1 aromatic heterocycles. The van der Waals surface area contributed by atoms with Crippen LogP contribution >= 0.6 is 0 Å². The molecule has 1 unspecified atom stereocenters. The van der Waals surface area contributed by atoms with Gasteiger partial charge in [0, 0.05) is 25.6 Å².